The molecule has 0 aliphatic carbocycles. The second-order valence-corrected chi connectivity index (χ2v) is 2.92. The van der Waals surface area contributed by atoms with E-state index < -0.39 is 0 Å². The van der Waals surface area contributed by atoms with Gasteiger partial charge >= 0.3 is 0 Å². The van der Waals surface area contributed by atoms with Crippen LogP contribution in [0.4, 0.5) is 0 Å². The SMILES string of the molecule is SCCNCCc1cncnc1. The molecule has 0 saturated carbocycles. The van der Waals surface area contributed by atoms with Crippen molar-refractivity contribution in [3.05, 3.63) is 24.3 Å². The van der Waals surface area contributed by atoms with Gasteiger partial charge in [0.05, 0.1) is 0 Å². The molecule has 1 aromatic heterocycles. The van der Waals surface area contributed by atoms with E-state index in [1.165, 1.54) is 5.56 Å². The third kappa shape index (κ3) is 3.69. The predicted molar refractivity (Wildman–Crippen MR) is 52.5 cm³/mol. The van der Waals surface area contributed by atoms with Gasteiger partial charge < -0.3 is 5.32 Å². The average molecular weight is 183 g/mol. The summed E-state index contributed by atoms with van der Waals surface area (Å²) < 4.78 is 0. The van der Waals surface area contributed by atoms with E-state index in [4.69, 9.17) is 0 Å². The first-order chi connectivity index (χ1) is 5.93. The Hall–Kier alpha value is -0.610. The van der Waals surface area contributed by atoms with Gasteiger partial charge in [-0.15, -0.1) is 0 Å². The van der Waals surface area contributed by atoms with E-state index in [9.17, 15) is 0 Å². The van der Waals surface area contributed by atoms with Crippen molar-refractivity contribution in [1.29, 1.82) is 0 Å². The molecule has 1 N–H and O–H groups in total. The summed E-state index contributed by atoms with van der Waals surface area (Å²) >= 11 is 4.09. The highest BCUT2D eigenvalue weighted by Crippen LogP contribution is 1.92. The Labute approximate surface area is 78.0 Å². The zero-order valence-corrected chi connectivity index (χ0v) is 7.80. The van der Waals surface area contributed by atoms with Crippen molar-refractivity contribution in [2.45, 2.75) is 6.42 Å². The largest absolute Gasteiger partial charge is 0.316 e. The molecule has 0 unspecified atom stereocenters. The highest BCUT2D eigenvalue weighted by Gasteiger charge is 1.91. The van der Waals surface area contributed by atoms with Crippen LogP contribution < -0.4 is 5.32 Å². The molecule has 0 aromatic carbocycles. The van der Waals surface area contributed by atoms with Gasteiger partial charge in [-0.05, 0) is 18.5 Å². The van der Waals surface area contributed by atoms with Gasteiger partial charge in [0.2, 0.25) is 0 Å². The standard InChI is InChI=1S/C8H13N3S/c12-4-3-9-2-1-8-5-10-7-11-6-8/h5-7,9,12H,1-4H2. The Morgan fingerprint density at radius 1 is 1.25 bits per heavy atom. The fraction of sp³-hybridized carbons (Fsp3) is 0.500. The number of aromatic nitrogens is 2. The minimum Gasteiger partial charge on any atom is -0.316 e. The second kappa shape index (κ2) is 5.97. The minimum absolute atomic E-state index is 0.880. The second-order valence-electron chi connectivity index (χ2n) is 2.47. The quantitative estimate of drug-likeness (QED) is 0.517. The van der Waals surface area contributed by atoms with Crippen LogP contribution in [0.2, 0.25) is 0 Å². The molecule has 66 valence electrons. The van der Waals surface area contributed by atoms with Gasteiger partial charge in [0.25, 0.3) is 0 Å². The van der Waals surface area contributed by atoms with Crippen LogP contribution in [0.1, 0.15) is 5.56 Å². The summed E-state index contributed by atoms with van der Waals surface area (Å²) in [6, 6.07) is 0. The van der Waals surface area contributed by atoms with Crippen molar-refractivity contribution in [1.82, 2.24) is 15.3 Å². The van der Waals surface area contributed by atoms with Crippen LogP contribution in [0.25, 0.3) is 0 Å². The van der Waals surface area contributed by atoms with E-state index in [1.54, 1.807) is 6.33 Å². The monoisotopic (exact) mass is 183 g/mol. The molecule has 0 aliphatic heterocycles. The van der Waals surface area contributed by atoms with E-state index >= 15 is 0 Å². The molecule has 4 heteroatoms. The van der Waals surface area contributed by atoms with Gasteiger partial charge in [-0.1, -0.05) is 0 Å². The Balaban J connectivity index is 2.16. The van der Waals surface area contributed by atoms with Crippen LogP contribution >= 0.6 is 12.6 Å². The summed E-state index contributed by atoms with van der Waals surface area (Å²) in [5.41, 5.74) is 1.17. The molecule has 0 bridgehead atoms. The van der Waals surface area contributed by atoms with Crippen molar-refractivity contribution in [2.24, 2.45) is 0 Å². The Morgan fingerprint density at radius 3 is 2.67 bits per heavy atom. The van der Waals surface area contributed by atoms with Crippen LogP contribution in [-0.4, -0.2) is 28.8 Å². The molecule has 12 heavy (non-hydrogen) atoms. The van der Waals surface area contributed by atoms with Crippen LogP contribution in [0, 0.1) is 0 Å². The zero-order valence-electron chi connectivity index (χ0n) is 6.90. The molecule has 0 fully saturated rings. The van der Waals surface area contributed by atoms with E-state index in [-0.39, 0.29) is 0 Å². The molecule has 1 heterocycles. The fourth-order valence-electron chi connectivity index (χ4n) is 0.896. The number of rotatable bonds is 5. The number of nitrogens with zero attached hydrogens (tertiary/aromatic N) is 2. The van der Waals surface area contributed by atoms with Crippen molar-refractivity contribution in [3.63, 3.8) is 0 Å². The predicted octanol–water partition coefficient (Wildman–Crippen LogP) is 0.538. The van der Waals surface area contributed by atoms with Crippen molar-refractivity contribution < 1.29 is 0 Å². The lowest BCUT2D eigenvalue weighted by Gasteiger charge is -2.01. The van der Waals surface area contributed by atoms with Gasteiger partial charge in [-0.2, -0.15) is 12.6 Å². The van der Waals surface area contributed by atoms with Crippen LogP contribution in [0.5, 0.6) is 0 Å². The van der Waals surface area contributed by atoms with Crippen molar-refractivity contribution in [2.75, 3.05) is 18.8 Å². The first-order valence-electron chi connectivity index (χ1n) is 3.99. The van der Waals surface area contributed by atoms with Crippen LogP contribution in [0.15, 0.2) is 18.7 Å². The molecule has 0 atom stereocenters. The lowest BCUT2D eigenvalue weighted by atomic mass is 10.2. The molecule has 0 aliphatic rings. The molecule has 1 aromatic rings. The molecular weight excluding hydrogens is 170 g/mol. The summed E-state index contributed by atoms with van der Waals surface area (Å²) in [4.78, 5) is 7.86. The molecule has 0 radical (unpaired) electrons. The van der Waals surface area contributed by atoms with Gasteiger partial charge in [-0.25, -0.2) is 9.97 Å². The Kier molecular flexibility index (Phi) is 4.71. The number of thiol groups is 1. The lowest BCUT2D eigenvalue weighted by Crippen LogP contribution is -2.19. The maximum absolute atomic E-state index is 4.09. The smallest absolute Gasteiger partial charge is 0.115 e. The molecule has 0 amide bonds. The van der Waals surface area contributed by atoms with E-state index in [0.29, 0.717) is 0 Å². The normalized spacial score (nSPS) is 10.1. The van der Waals surface area contributed by atoms with Gasteiger partial charge in [0, 0.05) is 24.7 Å². The Morgan fingerprint density at radius 2 is 2.00 bits per heavy atom. The molecule has 1 rings (SSSR count). The molecule has 0 saturated heterocycles. The summed E-state index contributed by atoms with van der Waals surface area (Å²) in [5, 5.41) is 3.25. The number of hydrogen-bond donors (Lipinski definition) is 2. The highest BCUT2D eigenvalue weighted by molar-refractivity contribution is 7.80. The third-order valence-electron chi connectivity index (χ3n) is 1.49. The van der Waals surface area contributed by atoms with Gasteiger partial charge in [-0.3, -0.25) is 0 Å². The van der Waals surface area contributed by atoms with E-state index in [0.717, 1.165) is 25.3 Å². The highest BCUT2D eigenvalue weighted by atomic mass is 32.1. The third-order valence-corrected chi connectivity index (χ3v) is 1.72. The van der Waals surface area contributed by atoms with Crippen LogP contribution in [-0.2, 0) is 6.42 Å². The van der Waals surface area contributed by atoms with Crippen LogP contribution in [0.3, 0.4) is 0 Å². The van der Waals surface area contributed by atoms with Gasteiger partial charge in [0.1, 0.15) is 6.33 Å². The number of hydrogen-bond acceptors (Lipinski definition) is 4. The summed E-state index contributed by atoms with van der Waals surface area (Å²) in [6.45, 7) is 1.92. The maximum atomic E-state index is 4.09. The summed E-state index contributed by atoms with van der Waals surface area (Å²) in [7, 11) is 0. The van der Waals surface area contributed by atoms with Crippen molar-refractivity contribution in [3.8, 4) is 0 Å². The van der Waals surface area contributed by atoms with E-state index in [2.05, 4.69) is 27.9 Å². The number of nitrogens with one attached hydrogen (secondary N) is 1. The fourth-order valence-corrected chi connectivity index (χ4v) is 1.05. The van der Waals surface area contributed by atoms with E-state index in [1.807, 2.05) is 12.4 Å². The topological polar surface area (TPSA) is 37.8 Å². The summed E-state index contributed by atoms with van der Waals surface area (Å²) in [6.07, 6.45) is 6.21. The molecular formula is C8H13N3S. The molecule has 3 nitrogen and oxygen atoms in total. The maximum Gasteiger partial charge on any atom is 0.115 e. The first kappa shape index (κ1) is 9.48. The molecule has 0 spiro atoms. The first-order valence-corrected chi connectivity index (χ1v) is 4.62. The van der Waals surface area contributed by atoms with Crippen molar-refractivity contribution >= 4 is 12.6 Å². The lowest BCUT2D eigenvalue weighted by molar-refractivity contribution is 0.719. The summed E-state index contributed by atoms with van der Waals surface area (Å²) in [5.74, 6) is 0.880. The average Bonchev–Trinajstić information content (AvgIpc) is 2.14. The zero-order chi connectivity index (χ0) is 8.65. The minimum atomic E-state index is 0.880. The Bertz CT molecular complexity index is 203. The van der Waals surface area contributed by atoms with Gasteiger partial charge in [0.15, 0.2) is 0 Å².